The maximum absolute atomic E-state index is 8.94. The molecule has 0 spiro atoms. The summed E-state index contributed by atoms with van der Waals surface area (Å²) in [5.41, 5.74) is 2.68. The molecule has 3 heteroatoms. The highest BCUT2D eigenvalue weighted by Crippen LogP contribution is 2.34. The van der Waals surface area contributed by atoms with Crippen LogP contribution >= 0.6 is 0 Å². The van der Waals surface area contributed by atoms with Gasteiger partial charge in [-0.1, -0.05) is 0 Å². The summed E-state index contributed by atoms with van der Waals surface area (Å²) in [7, 11) is 0. The third-order valence-corrected chi connectivity index (χ3v) is 2.03. The van der Waals surface area contributed by atoms with Crippen molar-refractivity contribution < 1.29 is 14.9 Å². The lowest BCUT2D eigenvalue weighted by Gasteiger charge is -2.23. The molecule has 1 aliphatic heterocycles. The van der Waals surface area contributed by atoms with Crippen LogP contribution in [-0.4, -0.2) is 10.2 Å². The maximum Gasteiger partial charge on any atom is 0.131 e. The summed E-state index contributed by atoms with van der Waals surface area (Å²) < 4.78 is 5.16. The molecule has 0 saturated heterocycles. The van der Waals surface area contributed by atoms with Crippen molar-refractivity contribution in [2.24, 2.45) is 0 Å². The van der Waals surface area contributed by atoms with Crippen LogP contribution in [0.4, 0.5) is 0 Å². The van der Waals surface area contributed by atoms with Gasteiger partial charge in [0.2, 0.25) is 0 Å². The topological polar surface area (TPSA) is 49.7 Å². The lowest BCUT2D eigenvalue weighted by Crippen LogP contribution is -2.13. The highest BCUT2D eigenvalue weighted by Gasteiger charge is 2.19. The zero-order chi connectivity index (χ0) is 8.55. The van der Waals surface area contributed by atoms with Crippen molar-refractivity contribution >= 4 is 0 Å². The minimum atomic E-state index is -0.0316. The van der Waals surface area contributed by atoms with E-state index >= 15 is 0 Å². The van der Waals surface area contributed by atoms with E-state index in [1.807, 2.05) is 6.07 Å². The Kier molecular flexibility index (Phi) is 1.75. The fraction of sp³-hybridized carbons (Fsp3) is 0.333. The van der Waals surface area contributed by atoms with Gasteiger partial charge in [-0.3, -0.25) is 0 Å². The van der Waals surface area contributed by atoms with Crippen LogP contribution in [0.5, 0.6) is 5.75 Å². The van der Waals surface area contributed by atoms with Crippen molar-refractivity contribution in [1.82, 2.24) is 0 Å². The maximum atomic E-state index is 8.94. The van der Waals surface area contributed by atoms with Gasteiger partial charge in [-0.05, 0) is 17.7 Å². The summed E-state index contributed by atoms with van der Waals surface area (Å²) in [4.78, 5) is 0. The Labute approximate surface area is 70.2 Å². The number of aliphatic hydroxyl groups excluding tert-OH is 2. The molecule has 2 N–H and O–H groups in total. The summed E-state index contributed by atoms with van der Waals surface area (Å²) in [6, 6.07) is 3.66. The second-order valence-corrected chi connectivity index (χ2v) is 2.85. The predicted octanol–water partition coefficient (Wildman–Crippen LogP) is 0.564. The van der Waals surface area contributed by atoms with Gasteiger partial charge in [0.05, 0.1) is 13.2 Å². The van der Waals surface area contributed by atoms with Crippen LogP contribution in [-0.2, 0) is 19.8 Å². The molecule has 12 heavy (non-hydrogen) atoms. The van der Waals surface area contributed by atoms with Crippen molar-refractivity contribution in [3.05, 3.63) is 28.8 Å². The molecule has 1 heterocycles. The standard InChI is InChI=1S/C9H10O3/c10-3-6-1-7(4-11)9-8(2-6)5-12-9/h1-2,10-11H,3-5H2. The van der Waals surface area contributed by atoms with E-state index in [2.05, 4.69) is 0 Å². The van der Waals surface area contributed by atoms with Crippen LogP contribution in [0.3, 0.4) is 0 Å². The van der Waals surface area contributed by atoms with E-state index in [4.69, 9.17) is 14.9 Å². The molecule has 0 aromatic heterocycles. The van der Waals surface area contributed by atoms with E-state index in [1.54, 1.807) is 6.07 Å². The molecule has 3 nitrogen and oxygen atoms in total. The second kappa shape index (κ2) is 2.77. The zero-order valence-electron chi connectivity index (χ0n) is 6.58. The summed E-state index contributed by atoms with van der Waals surface area (Å²) in [6.07, 6.45) is 0. The van der Waals surface area contributed by atoms with Crippen LogP contribution in [0.25, 0.3) is 0 Å². The molecule has 1 aliphatic rings. The van der Waals surface area contributed by atoms with Gasteiger partial charge in [0.25, 0.3) is 0 Å². The summed E-state index contributed by atoms with van der Waals surface area (Å²) in [5.74, 6) is 0.787. The fourth-order valence-corrected chi connectivity index (χ4v) is 1.40. The van der Waals surface area contributed by atoms with Crippen molar-refractivity contribution in [3.63, 3.8) is 0 Å². The first kappa shape index (κ1) is 7.58. The average molecular weight is 166 g/mol. The van der Waals surface area contributed by atoms with E-state index in [0.29, 0.717) is 6.61 Å². The molecule has 0 bridgehead atoms. The summed E-state index contributed by atoms with van der Waals surface area (Å²) in [5, 5.41) is 17.8. The molecule has 0 saturated carbocycles. The average Bonchev–Trinajstić information content (AvgIpc) is 2.06. The molecule has 2 rings (SSSR count). The monoisotopic (exact) mass is 166 g/mol. The Morgan fingerprint density at radius 1 is 1.25 bits per heavy atom. The van der Waals surface area contributed by atoms with E-state index in [0.717, 1.165) is 22.4 Å². The Balaban J connectivity index is 2.47. The zero-order valence-corrected chi connectivity index (χ0v) is 6.58. The highest BCUT2D eigenvalue weighted by molar-refractivity contribution is 5.48. The Morgan fingerprint density at radius 3 is 2.58 bits per heavy atom. The van der Waals surface area contributed by atoms with Crippen LogP contribution in [0, 0.1) is 0 Å². The van der Waals surface area contributed by atoms with Gasteiger partial charge in [0.15, 0.2) is 0 Å². The summed E-state index contributed by atoms with van der Waals surface area (Å²) in [6.45, 7) is 0.576. The van der Waals surface area contributed by atoms with Gasteiger partial charge in [-0.15, -0.1) is 0 Å². The number of rotatable bonds is 2. The first-order valence-corrected chi connectivity index (χ1v) is 3.84. The number of hydrogen-bond acceptors (Lipinski definition) is 3. The quantitative estimate of drug-likeness (QED) is 0.675. The third-order valence-electron chi connectivity index (χ3n) is 2.03. The van der Waals surface area contributed by atoms with Crippen LogP contribution in [0.1, 0.15) is 16.7 Å². The predicted molar refractivity (Wildman–Crippen MR) is 42.6 cm³/mol. The summed E-state index contributed by atoms with van der Waals surface area (Å²) >= 11 is 0. The largest absolute Gasteiger partial charge is 0.488 e. The highest BCUT2D eigenvalue weighted by atomic mass is 16.5. The molecule has 0 radical (unpaired) electrons. The molecule has 1 aromatic rings. The third kappa shape index (κ3) is 0.983. The smallest absolute Gasteiger partial charge is 0.131 e. The van der Waals surface area contributed by atoms with Gasteiger partial charge >= 0.3 is 0 Å². The van der Waals surface area contributed by atoms with E-state index < -0.39 is 0 Å². The number of ether oxygens (including phenoxy) is 1. The van der Waals surface area contributed by atoms with Crippen molar-refractivity contribution in [3.8, 4) is 5.75 Å². The Bertz CT molecular complexity index is 307. The number of aliphatic hydroxyl groups is 2. The second-order valence-electron chi connectivity index (χ2n) is 2.85. The molecular formula is C9H10O3. The van der Waals surface area contributed by atoms with Crippen molar-refractivity contribution in [1.29, 1.82) is 0 Å². The van der Waals surface area contributed by atoms with Crippen LogP contribution < -0.4 is 4.74 Å². The lowest BCUT2D eigenvalue weighted by molar-refractivity contribution is 0.218. The van der Waals surface area contributed by atoms with Crippen LogP contribution in [0.2, 0.25) is 0 Å². The van der Waals surface area contributed by atoms with Gasteiger partial charge in [0, 0.05) is 11.1 Å². The Morgan fingerprint density at radius 2 is 2.08 bits per heavy atom. The van der Waals surface area contributed by atoms with E-state index in [1.165, 1.54) is 0 Å². The fourth-order valence-electron chi connectivity index (χ4n) is 1.40. The first-order chi connectivity index (χ1) is 5.85. The van der Waals surface area contributed by atoms with Gasteiger partial charge in [0.1, 0.15) is 12.4 Å². The SMILES string of the molecule is OCc1cc(CO)c2c(c1)CO2. The number of fused-ring (bicyclic) bond motifs is 1. The van der Waals surface area contributed by atoms with E-state index in [-0.39, 0.29) is 13.2 Å². The first-order valence-electron chi connectivity index (χ1n) is 3.84. The number of hydrogen-bond donors (Lipinski definition) is 2. The molecule has 0 unspecified atom stereocenters. The minimum Gasteiger partial charge on any atom is -0.488 e. The molecule has 0 amide bonds. The molecular weight excluding hydrogens is 156 g/mol. The van der Waals surface area contributed by atoms with E-state index in [9.17, 15) is 0 Å². The molecule has 64 valence electrons. The number of benzene rings is 1. The van der Waals surface area contributed by atoms with Gasteiger partial charge in [-0.25, -0.2) is 0 Å². The normalized spacial score (nSPS) is 13.2. The van der Waals surface area contributed by atoms with Gasteiger partial charge < -0.3 is 14.9 Å². The van der Waals surface area contributed by atoms with Gasteiger partial charge in [-0.2, -0.15) is 0 Å². The molecule has 0 aliphatic carbocycles. The lowest BCUT2D eigenvalue weighted by atomic mass is 10.0. The molecule has 0 fully saturated rings. The van der Waals surface area contributed by atoms with Crippen molar-refractivity contribution in [2.75, 3.05) is 0 Å². The molecule has 0 atom stereocenters. The van der Waals surface area contributed by atoms with Crippen molar-refractivity contribution in [2.45, 2.75) is 19.8 Å². The minimum absolute atomic E-state index is 0.0142. The van der Waals surface area contributed by atoms with Crippen LogP contribution in [0.15, 0.2) is 12.1 Å². The Hall–Kier alpha value is -1.06. The molecule has 1 aromatic carbocycles.